The van der Waals surface area contributed by atoms with Gasteiger partial charge in [-0.2, -0.15) is 0 Å². The van der Waals surface area contributed by atoms with Gasteiger partial charge in [-0.05, 0) is 6.92 Å². The van der Waals surface area contributed by atoms with Crippen LogP contribution >= 0.6 is 0 Å². The molecule has 0 heterocycles. The van der Waals surface area contributed by atoms with E-state index in [0.717, 1.165) is 0 Å². The highest BCUT2D eigenvalue weighted by atomic mass is 16.3. The van der Waals surface area contributed by atoms with E-state index < -0.39 is 24.6 Å². The number of carbonyl (C=O) groups is 1. The van der Waals surface area contributed by atoms with E-state index >= 15 is 0 Å². The lowest BCUT2D eigenvalue weighted by atomic mass is 10.1. The molecule has 0 aliphatic carbocycles. The molecule has 0 aromatic carbocycles. The molecule has 2 atom stereocenters. The van der Waals surface area contributed by atoms with Gasteiger partial charge >= 0.3 is 0 Å². The maximum atomic E-state index is 10.6. The summed E-state index contributed by atoms with van der Waals surface area (Å²) in [4.78, 5) is 10.6. The summed E-state index contributed by atoms with van der Waals surface area (Å²) >= 11 is 0. The summed E-state index contributed by atoms with van der Waals surface area (Å²) < 4.78 is 0. The fourth-order valence-electron chi connectivity index (χ4n) is 0.529. The van der Waals surface area contributed by atoms with Crippen molar-refractivity contribution in [2.45, 2.75) is 25.6 Å². The Hall–Kier alpha value is -0.450. The second-order valence-electron chi connectivity index (χ2n) is 2.22. The summed E-state index contributed by atoms with van der Waals surface area (Å²) in [5.74, 6) is -0.530. The van der Waals surface area contributed by atoms with E-state index in [4.69, 9.17) is 15.3 Å². The van der Waals surface area contributed by atoms with E-state index in [2.05, 4.69) is 0 Å². The van der Waals surface area contributed by atoms with Gasteiger partial charge in [-0.1, -0.05) is 0 Å². The zero-order valence-electron chi connectivity index (χ0n) is 5.82. The van der Waals surface area contributed by atoms with Gasteiger partial charge in [0.25, 0.3) is 0 Å². The highest BCUT2D eigenvalue weighted by molar-refractivity contribution is 5.83. The second-order valence-corrected chi connectivity index (χ2v) is 2.22. The van der Waals surface area contributed by atoms with Crippen molar-refractivity contribution in [3.05, 3.63) is 0 Å². The van der Waals surface area contributed by atoms with Crippen LogP contribution in [0.2, 0.25) is 0 Å². The number of carbonyl (C=O) groups excluding carboxylic acids is 1. The summed E-state index contributed by atoms with van der Waals surface area (Å²) in [6.07, 6.45) is -2.20. The summed E-state index contributed by atoms with van der Waals surface area (Å²) in [5.41, 5.74) is 0. The van der Waals surface area contributed by atoms with Gasteiger partial charge in [0.2, 0.25) is 0 Å². The Balaban J connectivity index is 3.62. The van der Waals surface area contributed by atoms with E-state index in [-0.39, 0.29) is 6.42 Å². The zero-order chi connectivity index (χ0) is 8.15. The third-order valence-electron chi connectivity index (χ3n) is 1.04. The molecule has 4 nitrogen and oxygen atoms in total. The molecule has 0 saturated heterocycles. The molecule has 0 saturated carbocycles. The molecule has 0 unspecified atom stereocenters. The molecule has 0 aromatic rings. The first-order chi connectivity index (χ1) is 4.57. The molecule has 10 heavy (non-hydrogen) atoms. The molecule has 0 rings (SSSR count). The van der Waals surface area contributed by atoms with Crippen LogP contribution in [0.15, 0.2) is 0 Å². The van der Waals surface area contributed by atoms with E-state index in [1.54, 1.807) is 0 Å². The van der Waals surface area contributed by atoms with Crippen LogP contribution in [0.1, 0.15) is 13.3 Å². The van der Waals surface area contributed by atoms with Crippen LogP contribution in [0.5, 0.6) is 0 Å². The Morgan fingerprint density at radius 1 is 1.50 bits per heavy atom. The van der Waals surface area contributed by atoms with Crippen molar-refractivity contribution in [3.63, 3.8) is 0 Å². The summed E-state index contributed by atoms with van der Waals surface area (Å²) in [6, 6.07) is 0. The minimum atomic E-state index is -1.34. The van der Waals surface area contributed by atoms with Crippen molar-refractivity contribution in [3.8, 4) is 0 Å². The molecule has 0 amide bonds. The average Bonchev–Trinajstić information content (AvgIpc) is 1.85. The predicted octanol–water partition coefficient (Wildman–Crippen LogP) is -1.32. The van der Waals surface area contributed by atoms with Crippen LogP contribution in [0.3, 0.4) is 0 Å². The van der Waals surface area contributed by atoms with E-state index in [1.165, 1.54) is 6.92 Å². The van der Waals surface area contributed by atoms with Crippen LogP contribution in [0, 0.1) is 0 Å². The normalized spacial score (nSPS) is 16.4. The van der Waals surface area contributed by atoms with Crippen molar-refractivity contribution >= 4 is 5.78 Å². The van der Waals surface area contributed by atoms with Gasteiger partial charge in [0.05, 0.1) is 12.7 Å². The number of ketones is 1. The topological polar surface area (TPSA) is 77.8 Å². The Morgan fingerprint density at radius 3 is 2.30 bits per heavy atom. The van der Waals surface area contributed by atoms with E-state index in [9.17, 15) is 4.79 Å². The van der Waals surface area contributed by atoms with Gasteiger partial charge < -0.3 is 15.3 Å². The molecule has 0 spiro atoms. The van der Waals surface area contributed by atoms with Gasteiger partial charge in [0, 0.05) is 6.42 Å². The third-order valence-corrected chi connectivity index (χ3v) is 1.04. The number of aliphatic hydroxyl groups is 3. The minimum absolute atomic E-state index is 0.109. The lowest BCUT2D eigenvalue weighted by molar-refractivity contribution is -0.130. The highest BCUT2D eigenvalue weighted by Gasteiger charge is 2.14. The van der Waals surface area contributed by atoms with E-state index in [0.29, 0.717) is 0 Å². The number of aliphatic hydroxyl groups excluding tert-OH is 3. The van der Waals surface area contributed by atoms with Crippen LogP contribution in [0.25, 0.3) is 0 Å². The van der Waals surface area contributed by atoms with Crippen LogP contribution in [-0.4, -0.2) is 39.9 Å². The fraction of sp³-hybridized carbons (Fsp3) is 0.833. The van der Waals surface area contributed by atoms with Gasteiger partial charge in [-0.3, -0.25) is 4.79 Å². The monoisotopic (exact) mass is 148 g/mol. The SMILES string of the molecule is C[C@@H](O)CC(=O)[C@@H](O)CO. The second kappa shape index (κ2) is 4.38. The van der Waals surface area contributed by atoms with Crippen molar-refractivity contribution in [2.75, 3.05) is 6.61 Å². The maximum Gasteiger partial charge on any atom is 0.166 e. The first kappa shape index (κ1) is 9.55. The lowest BCUT2D eigenvalue weighted by Crippen LogP contribution is -2.26. The molecular weight excluding hydrogens is 136 g/mol. The minimum Gasteiger partial charge on any atom is -0.393 e. The summed E-state index contributed by atoms with van der Waals surface area (Å²) in [6.45, 7) is 0.869. The summed E-state index contributed by atoms with van der Waals surface area (Å²) in [7, 11) is 0. The fourth-order valence-corrected chi connectivity index (χ4v) is 0.529. The molecule has 0 aliphatic heterocycles. The number of Topliss-reactive ketones (excluding diaryl/α,β-unsaturated/α-hetero) is 1. The van der Waals surface area contributed by atoms with Gasteiger partial charge in [0.1, 0.15) is 6.10 Å². The predicted molar refractivity (Wildman–Crippen MR) is 34.4 cm³/mol. The Kier molecular flexibility index (Phi) is 4.18. The number of hydrogen-bond donors (Lipinski definition) is 3. The van der Waals surface area contributed by atoms with Crippen molar-refractivity contribution < 1.29 is 20.1 Å². The van der Waals surface area contributed by atoms with Crippen LogP contribution < -0.4 is 0 Å². The number of hydrogen-bond acceptors (Lipinski definition) is 4. The van der Waals surface area contributed by atoms with Crippen LogP contribution in [-0.2, 0) is 4.79 Å². The maximum absolute atomic E-state index is 10.6. The molecule has 0 bridgehead atoms. The smallest absolute Gasteiger partial charge is 0.166 e. The van der Waals surface area contributed by atoms with Gasteiger partial charge in [-0.15, -0.1) is 0 Å². The molecule has 3 N–H and O–H groups in total. The Morgan fingerprint density at radius 2 is 2.00 bits per heavy atom. The first-order valence-corrected chi connectivity index (χ1v) is 3.07. The summed E-state index contributed by atoms with van der Waals surface area (Å²) in [5, 5.41) is 25.6. The van der Waals surface area contributed by atoms with Crippen LogP contribution in [0.4, 0.5) is 0 Å². The molecule has 0 radical (unpaired) electrons. The molecule has 0 aliphatic rings. The first-order valence-electron chi connectivity index (χ1n) is 3.07. The molecular formula is C6H12O4. The quantitative estimate of drug-likeness (QED) is 0.462. The van der Waals surface area contributed by atoms with Crippen molar-refractivity contribution in [1.82, 2.24) is 0 Å². The average molecular weight is 148 g/mol. The van der Waals surface area contributed by atoms with Crippen molar-refractivity contribution in [2.24, 2.45) is 0 Å². The third kappa shape index (κ3) is 3.55. The Labute approximate surface area is 59.1 Å². The van der Waals surface area contributed by atoms with Gasteiger partial charge in [0.15, 0.2) is 5.78 Å². The van der Waals surface area contributed by atoms with E-state index in [1.807, 2.05) is 0 Å². The van der Waals surface area contributed by atoms with Crippen molar-refractivity contribution in [1.29, 1.82) is 0 Å². The highest BCUT2D eigenvalue weighted by Crippen LogP contribution is 1.95. The number of rotatable bonds is 4. The molecule has 60 valence electrons. The molecule has 0 fully saturated rings. The largest absolute Gasteiger partial charge is 0.393 e. The molecule has 0 aromatic heterocycles. The Bertz CT molecular complexity index is 110. The van der Waals surface area contributed by atoms with Gasteiger partial charge in [-0.25, -0.2) is 0 Å². The molecule has 4 heteroatoms. The lowest BCUT2D eigenvalue weighted by Gasteiger charge is -2.06. The zero-order valence-corrected chi connectivity index (χ0v) is 5.82. The standard InChI is InChI=1S/C6H12O4/c1-4(8)2-5(9)6(10)3-7/h4,6-8,10H,2-3H2,1H3/t4-,6+/m1/s1.